The molecule has 2 rings (SSSR count). The first-order valence-electron chi connectivity index (χ1n) is 9.47. The molecule has 1 aromatic rings. The summed E-state index contributed by atoms with van der Waals surface area (Å²) in [7, 11) is 0. The first kappa shape index (κ1) is 23.5. The number of nitrogens with zero attached hydrogens (tertiary/aromatic N) is 2. The number of guanidine groups is 1. The summed E-state index contributed by atoms with van der Waals surface area (Å²) in [5.41, 5.74) is 0.485. The second-order valence-corrected chi connectivity index (χ2v) is 7.50. The molecule has 6 nitrogen and oxygen atoms in total. The van der Waals surface area contributed by atoms with Crippen molar-refractivity contribution in [2.24, 2.45) is 4.99 Å². The first-order chi connectivity index (χ1) is 12.4. The summed E-state index contributed by atoms with van der Waals surface area (Å²) in [6.45, 7) is 11.0. The van der Waals surface area contributed by atoms with Crippen LogP contribution in [0.1, 0.15) is 52.1 Å². The predicted molar refractivity (Wildman–Crippen MR) is 121 cm³/mol. The molecule has 0 aromatic heterocycles. The largest absolute Gasteiger partial charge is 0.444 e. The molecule has 1 unspecified atom stereocenters. The van der Waals surface area contributed by atoms with Gasteiger partial charge in [-0.2, -0.15) is 0 Å². The monoisotopic (exact) mass is 488 g/mol. The fourth-order valence-electron chi connectivity index (χ4n) is 2.90. The van der Waals surface area contributed by atoms with Crippen molar-refractivity contribution >= 4 is 36.0 Å². The molecule has 0 saturated carbocycles. The third-order valence-electron chi connectivity index (χ3n) is 4.06. The topological polar surface area (TPSA) is 66.0 Å². The summed E-state index contributed by atoms with van der Waals surface area (Å²) >= 11 is 0. The number of carbonyl (C=O) groups is 1. The van der Waals surface area contributed by atoms with Gasteiger partial charge in [0.05, 0.1) is 12.6 Å². The molecule has 1 atom stereocenters. The van der Waals surface area contributed by atoms with Crippen molar-refractivity contribution in [2.75, 3.05) is 26.2 Å². The Balaban J connectivity index is 0.00000364. The van der Waals surface area contributed by atoms with Crippen LogP contribution in [-0.4, -0.2) is 48.7 Å². The molecule has 152 valence electrons. The van der Waals surface area contributed by atoms with Crippen molar-refractivity contribution < 1.29 is 9.53 Å². The van der Waals surface area contributed by atoms with E-state index >= 15 is 0 Å². The van der Waals surface area contributed by atoms with Crippen LogP contribution in [-0.2, 0) is 4.74 Å². The van der Waals surface area contributed by atoms with Gasteiger partial charge in [0.25, 0.3) is 0 Å². The lowest BCUT2D eigenvalue weighted by atomic mass is 10.1. The van der Waals surface area contributed by atoms with Gasteiger partial charge in [-0.15, -0.1) is 24.0 Å². The number of benzene rings is 1. The number of amides is 1. The number of nitrogens with one attached hydrogen (secondary N) is 2. The molecular weight excluding hydrogens is 455 g/mol. The zero-order chi connectivity index (χ0) is 19.0. The summed E-state index contributed by atoms with van der Waals surface area (Å²) in [6, 6.07) is 9.66. The highest BCUT2D eigenvalue weighted by Crippen LogP contribution is 2.16. The van der Waals surface area contributed by atoms with E-state index in [-0.39, 0.29) is 30.0 Å². The first-order valence-corrected chi connectivity index (χ1v) is 9.47. The highest BCUT2D eigenvalue weighted by Gasteiger charge is 2.21. The van der Waals surface area contributed by atoms with Gasteiger partial charge >= 0.3 is 6.09 Å². The van der Waals surface area contributed by atoms with Crippen molar-refractivity contribution in [2.45, 2.75) is 52.2 Å². The third kappa shape index (κ3) is 8.36. The highest BCUT2D eigenvalue weighted by atomic mass is 127. The van der Waals surface area contributed by atoms with Crippen LogP contribution in [0, 0.1) is 0 Å². The average Bonchev–Trinajstić information content (AvgIpc) is 3.11. The second-order valence-electron chi connectivity index (χ2n) is 7.50. The molecule has 27 heavy (non-hydrogen) atoms. The number of ether oxygens (including phenoxy) is 1. The van der Waals surface area contributed by atoms with Crippen molar-refractivity contribution in [1.82, 2.24) is 15.5 Å². The molecule has 0 spiro atoms. The smallest absolute Gasteiger partial charge is 0.408 e. The molecular formula is C20H33IN4O2. The Hall–Kier alpha value is -1.51. The van der Waals surface area contributed by atoms with Gasteiger partial charge in [-0.25, -0.2) is 4.79 Å². The van der Waals surface area contributed by atoms with E-state index < -0.39 is 11.7 Å². The summed E-state index contributed by atoms with van der Waals surface area (Å²) in [6.07, 6.45) is 1.97. The molecule has 1 saturated heterocycles. The van der Waals surface area contributed by atoms with Crippen LogP contribution < -0.4 is 10.6 Å². The number of halogens is 1. The molecule has 0 bridgehead atoms. The van der Waals surface area contributed by atoms with E-state index in [2.05, 4.69) is 22.5 Å². The Morgan fingerprint density at radius 1 is 1.22 bits per heavy atom. The predicted octanol–water partition coefficient (Wildman–Crippen LogP) is 3.93. The van der Waals surface area contributed by atoms with Crippen molar-refractivity contribution in [3.8, 4) is 0 Å². The van der Waals surface area contributed by atoms with Gasteiger partial charge < -0.3 is 20.3 Å². The van der Waals surface area contributed by atoms with Gasteiger partial charge in [0.2, 0.25) is 0 Å². The number of hydrogen-bond acceptors (Lipinski definition) is 3. The Bertz CT molecular complexity index is 596. The zero-order valence-corrected chi connectivity index (χ0v) is 19.2. The maximum absolute atomic E-state index is 12.3. The minimum atomic E-state index is -0.529. The molecule has 1 heterocycles. The van der Waals surface area contributed by atoms with Crippen LogP contribution in [0.5, 0.6) is 0 Å². The summed E-state index contributed by atoms with van der Waals surface area (Å²) in [4.78, 5) is 19.3. The highest BCUT2D eigenvalue weighted by molar-refractivity contribution is 14.0. The van der Waals surface area contributed by atoms with Crippen LogP contribution in [0.25, 0.3) is 0 Å². The van der Waals surface area contributed by atoms with E-state index in [1.54, 1.807) is 0 Å². The molecule has 2 N–H and O–H groups in total. The van der Waals surface area contributed by atoms with E-state index in [1.165, 1.54) is 12.8 Å². The van der Waals surface area contributed by atoms with Gasteiger partial charge in [0.1, 0.15) is 5.60 Å². The fourth-order valence-corrected chi connectivity index (χ4v) is 2.90. The van der Waals surface area contributed by atoms with Crippen molar-refractivity contribution in [3.63, 3.8) is 0 Å². The van der Waals surface area contributed by atoms with Crippen LogP contribution >= 0.6 is 24.0 Å². The van der Waals surface area contributed by atoms with E-state index in [0.717, 1.165) is 31.2 Å². The molecule has 1 amide bonds. The van der Waals surface area contributed by atoms with Crippen molar-refractivity contribution in [3.05, 3.63) is 35.9 Å². The van der Waals surface area contributed by atoms with Crippen molar-refractivity contribution in [1.29, 1.82) is 0 Å². The molecule has 1 fully saturated rings. The minimum Gasteiger partial charge on any atom is -0.444 e. The quantitative estimate of drug-likeness (QED) is 0.375. The number of likely N-dealkylation sites (tertiary alicyclic amines) is 1. The lowest BCUT2D eigenvalue weighted by Gasteiger charge is -2.25. The summed E-state index contributed by atoms with van der Waals surface area (Å²) < 4.78 is 5.42. The molecule has 1 aliphatic heterocycles. The number of alkyl carbamates (subject to hydrolysis) is 1. The van der Waals surface area contributed by atoms with E-state index in [0.29, 0.717) is 6.54 Å². The van der Waals surface area contributed by atoms with Crippen LogP contribution in [0.2, 0.25) is 0 Å². The Labute approximate surface area is 180 Å². The molecule has 0 aliphatic carbocycles. The second kappa shape index (κ2) is 11.4. The molecule has 0 radical (unpaired) electrons. The Kier molecular flexibility index (Phi) is 9.90. The van der Waals surface area contributed by atoms with E-state index in [1.807, 2.05) is 51.1 Å². The minimum absolute atomic E-state index is 0. The van der Waals surface area contributed by atoms with Gasteiger partial charge in [-0.1, -0.05) is 30.3 Å². The van der Waals surface area contributed by atoms with Crippen LogP contribution in [0.15, 0.2) is 35.3 Å². The maximum atomic E-state index is 12.3. The lowest BCUT2D eigenvalue weighted by molar-refractivity contribution is 0.0505. The van der Waals surface area contributed by atoms with Gasteiger partial charge in [0.15, 0.2) is 5.96 Å². The number of aliphatic imine (C=N–C) groups is 1. The maximum Gasteiger partial charge on any atom is 0.408 e. The number of rotatable bonds is 5. The Morgan fingerprint density at radius 3 is 2.41 bits per heavy atom. The summed E-state index contributed by atoms with van der Waals surface area (Å²) in [5.74, 6) is 0.914. The van der Waals surface area contributed by atoms with Gasteiger partial charge in [-0.3, -0.25) is 4.99 Å². The summed E-state index contributed by atoms with van der Waals surface area (Å²) in [5, 5.41) is 6.32. The van der Waals surface area contributed by atoms with Gasteiger partial charge in [0, 0.05) is 19.6 Å². The lowest BCUT2D eigenvalue weighted by Crippen LogP contribution is -2.41. The number of carbonyl (C=O) groups excluding carboxylic acids is 1. The molecule has 1 aliphatic rings. The zero-order valence-electron chi connectivity index (χ0n) is 16.8. The molecule has 7 heteroatoms. The van der Waals surface area contributed by atoms with E-state index in [4.69, 9.17) is 9.73 Å². The average molecular weight is 488 g/mol. The third-order valence-corrected chi connectivity index (χ3v) is 4.06. The normalized spacial score (nSPS) is 15.7. The molecule has 1 aromatic carbocycles. The van der Waals surface area contributed by atoms with Gasteiger partial charge in [-0.05, 0) is 46.1 Å². The SMILES string of the molecule is CCNC(=NCC(NC(=O)OC(C)(C)C)c1ccccc1)N1CCCC1.I. The fraction of sp³-hybridized carbons (Fsp3) is 0.600. The standard InChI is InChI=1S/C20H32N4O2.HI/c1-5-21-18(24-13-9-10-14-24)22-15-17(16-11-7-6-8-12-16)23-19(25)26-20(2,3)4;/h6-8,11-12,17H,5,9-10,13-15H2,1-4H3,(H,21,22)(H,23,25);1H. The van der Waals surface area contributed by atoms with Crippen LogP contribution in [0.4, 0.5) is 4.79 Å². The Morgan fingerprint density at radius 2 is 1.85 bits per heavy atom. The van der Waals surface area contributed by atoms with Crippen LogP contribution in [0.3, 0.4) is 0 Å². The van der Waals surface area contributed by atoms with E-state index in [9.17, 15) is 4.79 Å². The number of hydrogen-bond donors (Lipinski definition) is 2.